The van der Waals surface area contributed by atoms with Gasteiger partial charge in [0.2, 0.25) is 0 Å². The normalized spacial score (nSPS) is 17.9. The van der Waals surface area contributed by atoms with E-state index >= 15 is 0 Å². The number of nitrogens with zero attached hydrogens (tertiary/aromatic N) is 2. The Hall–Kier alpha value is -0.970. The molecule has 104 valence electrons. The van der Waals surface area contributed by atoms with Gasteiger partial charge in [0, 0.05) is 21.9 Å². The summed E-state index contributed by atoms with van der Waals surface area (Å²) in [6.07, 6.45) is 5.05. The summed E-state index contributed by atoms with van der Waals surface area (Å²) in [5, 5.41) is 0.692. The molecule has 1 aromatic carbocycles. The smallest absolute Gasteiger partial charge is 0.159 e. The number of hydrogen-bond donors (Lipinski definition) is 1. The third-order valence-electron chi connectivity index (χ3n) is 3.76. The quantitative estimate of drug-likeness (QED) is 0.898. The predicted octanol–water partition coefficient (Wildman–Crippen LogP) is 3.62. The van der Waals surface area contributed by atoms with Crippen molar-refractivity contribution in [2.75, 3.05) is 6.54 Å². The highest BCUT2D eigenvalue weighted by Gasteiger charge is 2.19. The highest BCUT2D eigenvalue weighted by atomic mass is 79.9. The molecule has 3 rings (SSSR count). The summed E-state index contributed by atoms with van der Waals surface area (Å²) in [6, 6.07) is 5.75. The molecule has 0 saturated heterocycles. The molecule has 0 bridgehead atoms. The molecule has 1 heterocycles. The second-order valence-electron chi connectivity index (χ2n) is 5.14. The van der Waals surface area contributed by atoms with E-state index in [0.717, 1.165) is 47.4 Å². The Bertz CT molecular complexity index is 645. The first-order chi connectivity index (χ1) is 9.67. The van der Waals surface area contributed by atoms with Crippen LogP contribution in [0, 0.1) is 5.92 Å². The number of halogens is 2. The van der Waals surface area contributed by atoms with Crippen LogP contribution in [0.4, 0.5) is 0 Å². The van der Waals surface area contributed by atoms with Crippen LogP contribution >= 0.6 is 27.5 Å². The van der Waals surface area contributed by atoms with Gasteiger partial charge in [-0.1, -0.05) is 11.6 Å². The number of fused-ring (bicyclic) bond motifs is 1. The standard InChI is InChI=1S/C15H15BrClN3/c16-12-6-10(2-3-13(12)17)15-19-8-11-5-9(7-18)1-4-14(11)20-15/h2-3,6,8-9H,1,4-5,7,18H2. The van der Waals surface area contributed by atoms with Gasteiger partial charge in [0.25, 0.3) is 0 Å². The van der Waals surface area contributed by atoms with Crippen LogP contribution < -0.4 is 5.73 Å². The molecule has 1 unspecified atom stereocenters. The van der Waals surface area contributed by atoms with Gasteiger partial charge in [0.1, 0.15) is 0 Å². The molecule has 1 aliphatic rings. The van der Waals surface area contributed by atoms with Crippen molar-refractivity contribution in [3.8, 4) is 11.4 Å². The molecular weight excluding hydrogens is 338 g/mol. The van der Waals surface area contributed by atoms with Crippen LogP contribution in [0.3, 0.4) is 0 Å². The molecule has 2 N–H and O–H groups in total. The fourth-order valence-corrected chi connectivity index (χ4v) is 3.05. The molecule has 0 amide bonds. The van der Waals surface area contributed by atoms with Gasteiger partial charge < -0.3 is 5.73 Å². The van der Waals surface area contributed by atoms with Gasteiger partial charge in [-0.25, -0.2) is 9.97 Å². The average Bonchev–Trinajstić information content (AvgIpc) is 2.49. The maximum absolute atomic E-state index is 6.02. The highest BCUT2D eigenvalue weighted by molar-refractivity contribution is 9.10. The van der Waals surface area contributed by atoms with E-state index < -0.39 is 0 Å². The Balaban J connectivity index is 1.94. The summed E-state index contributed by atoms with van der Waals surface area (Å²) in [5.74, 6) is 1.33. The maximum Gasteiger partial charge on any atom is 0.159 e. The molecule has 3 nitrogen and oxygen atoms in total. The number of aryl methyl sites for hydroxylation is 1. The van der Waals surface area contributed by atoms with E-state index in [9.17, 15) is 0 Å². The molecule has 20 heavy (non-hydrogen) atoms. The van der Waals surface area contributed by atoms with Gasteiger partial charge in [0.05, 0.1) is 5.02 Å². The third-order valence-corrected chi connectivity index (χ3v) is 4.98. The van der Waals surface area contributed by atoms with Gasteiger partial charge in [0.15, 0.2) is 5.82 Å². The van der Waals surface area contributed by atoms with E-state index in [0.29, 0.717) is 10.9 Å². The fraction of sp³-hybridized carbons (Fsp3) is 0.333. The highest BCUT2D eigenvalue weighted by Crippen LogP contribution is 2.29. The van der Waals surface area contributed by atoms with Gasteiger partial charge in [-0.05, 0) is 71.4 Å². The molecule has 0 radical (unpaired) electrons. The van der Waals surface area contributed by atoms with Gasteiger partial charge in [-0.2, -0.15) is 0 Å². The van der Waals surface area contributed by atoms with Crippen molar-refractivity contribution in [1.29, 1.82) is 0 Å². The Labute approximate surface area is 131 Å². The van der Waals surface area contributed by atoms with Crippen LogP contribution in [-0.4, -0.2) is 16.5 Å². The van der Waals surface area contributed by atoms with Crippen molar-refractivity contribution >= 4 is 27.5 Å². The zero-order valence-corrected chi connectivity index (χ0v) is 13.3. The minimum atomic E-state index is 0.571. The van der Waals surface area contributed by atoms with Gasteiger partial charge >= 0.3 is 0 Å². The molecule has 1 aromatic heterocycles. The first-order valence-electron chi connectivity index (χ1n) is 6.67. The fourth-order valence-electron chi connectivity index (χ4n) is 2.56. The van der Waals surface area contributed by atoms with E-state index in [-0.39, 0.29) is 0 Å². The molecule has 1 atom stereocenters. The lowest BCUT2D eigenvalue weighted by Crippen LogP contribution is -2.23. The van der Waals surface area contributed by atoms with E-state index in [1.807, 2.05) is 24.4 Å². The van der Waals surface area contributed by atoms with Crippen LogP contribution in [0.25, 0.3) is 11.4 Å². The van der Waals surface area contributed by atoms with Crippen molar-refractivity contribution in [2.24, 2.45) is 11.7 Å². The van der Waals surface area contributed by atoms with E-state index in [1.165, 1.54) is 5.56 Å². The van der Waals surface area contributed by atoms with Crippen molar-refractivity contribution in [2.45, 2.75) is 19.3 Å². The van der Waals surface area contributed by atoms with Crippen LogP contribution in [0.2, 0.25) is 5.02 Å². The zero-order valence-electron chi connectivity index (χ0n) is 10.9. The summed E-state index contributed by atoms with van der Waals surface area (Å²) in [6.45, 7) is 0.741. The van der Waals surface area contributed by atoms with Crippen molar-refractivity contribution in [3.05, 3.63) is 45.1 Å². The maximum atomic E-state index is 6.02. The largest absolute Gasteiger partial charge is 0.330 e. The third kappa shape index (κ3) is 2.73. The number of aromatic nitrogens is 2. The lowest BCUT2D eigenvalue weighted by Gasteiger charge is -2.22. The molecule has 0 aliphatic heterocycles. The Kier molecular flexibility index (Phi) is 4.06. The topological polar surface area (TPSA) is 51.8 Å². The summed E-state index contributed by atoms with van der Waals surface area (Å²) < 4.78 is 0.862. The summed E-state index contributed by atoms with van der Waals surface area (Å²) in [4.78, 5) is 9.19. The lowest BCUT2D eigenvalue weighted by atomic mass is 9.87. The summed E-state index contributed by atoms with van der Waals surface area (Å²) in [5.41, 5.74) is 9.13. The van der Waals surface area contributed by atoms with Crippen molar-refractivity contribution in [1.82, 2.24) is 9.97 Å². The minimum absolute atomic E-state index is 0.571. The summed E-state index contributed by atoms with van der Waals surface area (Å²) in [7, 11) is 0. The van der Waals surface area contributed by atoms with Crippen molar-refractivity contribution in [3.63, 3.8) is 0 Å². The molecule has 1 aliphatic carbocycles. The monoisotopic (exact) mass is 351 g/mol. The number of nitrogens with two attached hydrogens (primary N) is 1. The molecule has 0 saturated carbocycles. The van der Waals surface area contributed by atoms with Crippen LogP contribution in [0.1, 0.15) is 17.7 Å². The average molecular weight is 353 g/mol. The summed E-state index contributed by atoms with van der Waals surface area (Å²) >= 11 is 9.45. The first kappa shape index (κ1) is 14.0. The second-order valence-corrected chi connectivity index (χ2v) is 6.40. The molecule has 0 fully saturated rings. The Morgan fingerprint density at radius 1 is 1.40 bits per heavy atom. The predicted molar refractivity (Wildman–Crippen MR) is 84.7 cm³/mol. The van der Waals surface area contributed by atoms with Crippen LogP contribution in [-0.2, 0) is 12.8 Å². The van der Waals surface area contributed by atoms with Crippen molar-refractivity contribution < 1.29 is 0 Å². The zero-order chi connectivity index (χ0) is 14.1. The van der Waals surface area contributed by atoms with E-state index in [4.69, 9.17) is 22.3 Å². The second kappa shape index (κ2) is 5.80. The van der Waals surface area contributed by atoms with Gasteiger partial charge in [-0.3, -0.25) is 0 Å². The number of hydrogen-bond acceptors (Lipinski definition) is 3. The lowest BCUT2D eigenvalue weighted by molar-refractivity contribution is 0.462. The number of rotatable bonds is 2. The molecule has 2 aromatic rings. The van der Waals surface area contributed by atoms with E-state index in [2.05, 4.69) is 20.9 Å². The SMILES string of the molecule is NCC1CCc2nc(-c3ccc(Cl)c(Br)c3)ncc2C1. The van der Waals surface area contributed by atoms with E-state index in [1.54, 1.807) is 0 Å². The molecule has 5 heteroatoms. The molecule has 0 spiro atoms. The number of benzene rings is 1. The Morgan fingerprint density at radius 2 is 2.25 bits per heavy atom. The van der Waals surface area contributed by atoms with Gasteiger partial charge in [-0.15, -0.1) is 0 Å². The molecular formula is C15H15BrClN3. The van der Waals surface area contributed by atoms with Crippen LogP contribution in [0.15, 0.2) is 28.9 Å². The van der Waals surface area contributed by atoms with Crippen LogP contribution in [0.5, 0.6) is 0 Å². The minimum Gasteiger partial charge on any atom is -0.330 e. The Morgan fingerprint density at radius 3 is 3.00 bits per heavy atom. The first-order valence-corrected chi connectivity index (χ1v) is 7.84.